The molecule has 0 unspecified atom stereocenters. The van der Waals surface area contributed by atoms with Gasteiger partial charge in [0.05, 0.1) is 12.7 Å². The third-order valence-electron chi connectivity index (χ3n) is 3.67. The SMILES string of the molecule is O=C(/C=C/c1cn(Cc2ccccc2)nn1)NNc1c(F)c(F)c(F)c(F)c1F. The van der Waals surface area contributed by atoms with E-state index in [2.05, 4.69) is 10.3 Å². The molecule has 3 aromatic rings. The Hall–Kier alpha value is -3.76. The van der Waals surface area contributed by atoms with Gasteiger partial charge in [-0.2, -0.15) is 0 Å². The lowest BCUT2D eigenvalue weighted by Gasteiger charge is -2.10. The van der Waals surface area contributed by atoms with Crippen LogP contribution in [0.3, 0.4) is 0 Å². The lowest BCUT2D eigenvalue weighted by atomic mass is 10.2. The van der Waals surface area contributed by atoms with E-state index in [0.29, 0.717) is 12.2 Å². The molecule has 1 aromatic heterocycles. The Morgan fingerprint density at radius 3 is 2.24 bits per heavy atom. The fourth-order valence-electron chi connectivity index (χ4n) is 2.28. The van der Waals surface area contributed by atoms with Crippen LogP contribution in [0.2, 0.25) is 0 Å². The molecule has 0 radical (unpaired) electrons. The van der Waals surface area contributed by atoms with Crippen molar-refractivity contribution in [3.63, 3.8) is 0 Å². The molecule has 0 fully saturated rings. The van der Waals surface area contributed by atoms with Crippen molar-refractivity contribution >= 4 is 17.7 Å². The summed E-state index contributed by atoms with van der Waals surface area (Å²) in [6, 6.07) is 9.41. The van der Waals surface area contributed by atoms with E-state index in [1.54, 1.807) is 17.0 Å². The molecule has 0 saturated heterocycles. The van der Waals surface area contributed by atoms with Crippen molar-refractivity contribution in [2.24, 2.45) is 0 Å². The van der Waals surface area contributed by atoms with Crippen molar-refractivity contribution in [2.45, 2.75) is 6.54 Å². The van der Waals surface area contributed by atoms with Crippen molar-refractivity contribution in [3.8, 4) is 0 Å². The normalized spacial score (nSPS) is 11.1. The van der Waals surface area contributed by atoms with Gasteiger partial charge in [0.25, 0.3) is 5.91 Å². The number of anilines is 1. The molecule has 0 bridgehead atoms. The molecule has 29 heavy (non-hydrogen) atoms. The number of amides is 1. The Morgan fingerprint density at radius 2 is 1.59 bits per heavy atom. The van der Waals surface area contributed by atoms with Crippen molar-refractivity contribution in [1.82, 2.24) is 20.4 Å². The molecule has 3 rings (SSSR count). The summed E-state index contributed by atoms with van der Waals surface area (Å²) in [5, 5.41) is 7.71. The van der Waals surface area contributed by atoms with Crippen LogP contribution in [-0.4, -0.2) is 20.9 Å². The van der Waals surface area contributed by atoms with Gasteiger partial charge in [0.15, 0.2) is 23.3 Å². The molecule has 0 aliphatic rings. The number of hydrogen-bond donors (Lipinski definition) is 2. The summed E-state index contributed by atoms with van der Waals surface area (Å²) in [5.74, 6) is -11.7. The van der Waals surface area contributed by atoms with Crippen LogP contribution in [0.25, 0.3) is 6.08 Å². The third-order valence-corrected chi connectivity index (χ3v) is 3.67. The zero-order valence-electron chi connectivity index (χ0n) is 14.5. The highest BCUT2D eigenvalue weighted by Gasteiger charge is 2.25. The smallest absolute Gasteiger partial charge is 0.262 e. The Kier molecular flexibility index (Phi) is 5.86. The van der Waals surface area contributed by atoms with Gasteiger partial charge in [-0.1, -0.05) is 35.5 Å². The predicted molar refractivity (Wildman–Crippen MR) is 92.6 cm³/mol. The van der Waals surface area contributed by atoms with E-state index in [1.807, 2.05) is 30.3 Å². The number of nitrogens with zero attached hydrogens (tertiary/aromatic N) is 3. The number of hydrogen-bond acceptors (Lipinski definition) is 4. The average Bonchev–Trinajstić information content (AvgIpc) is 3.17. The number of aromatic nitrogens is 3. The molecule has 1 amide bonds. The van der Waals surface area contributed by atoms with E-state index in [4.69, 9.17) is 0 Å². The lowest BCUT2D eigenvalue weighted by Crippen LogP contribution is -2.29. The summed E-state index contributed by atoms with van der Waals surface area (Å²) < 4.78 is 67.7. The maximum Gasteiger partial charge on any atom is 0.262 e. The molecule has 6 nitrogen and oxygen atoms in total. The number of carbonyl (C=O) groups is 1. The zero-order valence-corrected chi connectivity index (χ0v) is 14.5. The second-order valence-corrected chi connectivity index (χ2v) is 5.72. The van der Waals surface area contributed by atoms with E-state index < -0.39 is 40.7 Å². The second kappa shape index (κ2) is 8.50. The van der Waals surface area contributed by atoms with Crippen molar-refractivity contribution in [2.75, 3.05) is 5.43 Å². The number of hydrazine groups is 1. The largest absolute Gasteiger partial charge is 0.293 e. The summed E-state index contributed by atoms with van der Waals surface area (Å²) >= 11 is 0. The van der Waals surface area contributed by atoms with Crippen LogP contribution in [0.4, 0.5) is 27.6 Å². The Bertz CT molecular complexity index is 1040. The van der Waals surface area contributed by atoms with Crippen molar-refractivity contribution < 1.29 is 26.7 Å². The maximum atomic E-state index is 13.5. The average molecular weight is 409 g/mol. The van der Waals surface area contributed by atoms with E-state index in [1.165, 1.54) is 10.8 Å². The zero-order chi connectivity index (χ0) is 21.0. The summed E-state index contributed by atoms with van der Waals surface area (Å²) in [5.41, 5.74) is 3.40. The molecule has 0 spiro atoms. The molecule has 2 aromatic carbocycles. The van der Waals surface area contributed by atoms with Crippen LogP contribution in [0.5, 0.6) is 0 Å². The van der Waals surface area contributed by atoms with Crippen LogP contribution in [0.15, 0.2) is 42.6 Å². The highest BCUT2D eigenvalue weighted by atomic mass is 19.2. The topological polar surface area (TPSA) is 71.8 Å². The first-order valence-electron chi connectivity index (χ1n) is 8.06. The number of nitrogens with one attached hydrogen (secondary N) is 2. The van der Waals surface area contributed by atoms with E-state index in [9.17, 15) is 26.7 Å². The molecule has 0 aliphatic carbocycles. The number of benzene rings is 2. The minimum absolute atomic E-state index is 0.312. The summed E-state index contributed by atoms with van der Waals surface area (Å²) in [4.78, 5) is 11.7. The molecule has 0 atom stereocenters. The van der Waals surface area contributed by atoms with Crippen molar-refractivity contribution in [3.05, 3.63) is 82.9 Å². The minimum Gasteiger partial charge on any atom is -0.293 e. The summed E-state index contributed by atoms with van der Waals surface area (Å²) in [6.07, 6.45) is 3.74. The maximum absolute atomic E-state index is 13.5. The molecular weight excluding hydrogens is 397 g/mol. The molecule has 11 heteroatoms. The Labute approximate surface area is 160 Å². The van der Waals surface area contributed by atoms with E-state index in [0.717, 1.165) is 11.6 Å². The Morgan fingerprint density at radius 1 is 0.966 bits per heavy atom. The van der Waals surface area contributed by atoms with Gasteiger partial charge in [-0.15, -0.1) is 5.10 Å². The predicted octanol–water partition coefficient (Wildman–Crippen LogP) is 3.18. The highest BCUT2D eigenvalue weighted by Crippen LogP contribution is 2.26. The van der Waals surface area contributed by atoms with Crippen LogP contribution in [-0.2, 0) is 11.3 Å². The van der Waals surface area contributed by atoms with E-state index >= 15 is 0 Å². The summed E-state index contributed by atoms with van der Waals surface area (Å²) in [6.45, 7) is 0.454. The Balaban J connectivity index is 1.61. The van der Waals surface area contributed by atoms with E-state index in [-0.39, 0.29) is 0 Å². The lowest BCUT2D eigenvalue weighted by molar-refractivity contribution is -0.116. The van der Waals surface area contributed by atoms with Gasteiger partial charge < -0.3 is 0 Å². The fourth-order valence-corrected chi connectivity index (χ4v) is 2.28. The minimum atomic E-state index is -2.30. The van der Waals surface area contributed by atoms with Gasteiger partial charge in [-0.3, -0.25) is 15.6 Å². The first-order valence-corrected chi connectivity index (χ1v) is 8.06. The standard InChI is InChI=1S/C18H12F5N5O/c19-13-14(20)16(22)18(17(23)15(13)21)26-25-12(29)7-6-11-9-28(27-24-11)8-10-4-2-1-3-5-10/h1-7,9,26H,8H2,(H,25,29)/b7-6+. The van der Waals surface area contributed by atoms with Gasteiger partial charge in [0.1, 0.15) is 11.4 Å². The van der Waals surface area contributed by atoms with Gasteiger partial charge >= 0.3 is 0 Å². The van der Waals surface area contributed by atoms with Crippen LogP contribution >= 0.6 is 0 Å². The number of rotatable bonds is 6. The van der Waals surface area contributed by atoms with Crippen LogP contribution < -0.4 is 10.9 Å². The molecule has 1 heterocycles. The molecule has 0 aliphatic heterocycles. The summed E-state index contributed by atoms with van der Waals surface area (Å²) in [7, 11) is 0. The van der Waals surface area contributed by atoms with Crippen LogP contribution in [0, 0.1) is 29.1 Å². The van der Waals surface area contributed by atoms with Gasteiger partial charge in [0, 0.05) is 6.08 Å². The highest BCUT2D eigenvalue weighted by molar-refractivity contribution is 5.92. The molecule has 150 valence electrons. The van der Waals surface area contributed by atoms with Crippen LogP contribution in [0.1, 0.15) is 11.3 Å². The number of carbonyl (C=O) groups excluding carboxylic acids is 1. The molecule has 0 saturated carbocycles. The second-order valence-electron chi connectivity index (χ2n) is 5.72. The van der Waals surface area contributed by atoms with Gasteiger partial charge in [-0.25, -0.2) is 26.6 Å². The van der Waals surface area contributed by atoms with Gasteiger partial charge in [-0.05, 0) is 11.6 Å². The quantitative estimate of drug-likeness (QED) is 0.216. The fraction of sp³-hybridized carbons (Fsp3) is 0.0556. The van der Waals surface area contributed by atoms with Gasteiger partial charge in [0.2, 0.25) is 5.82 Å². The molecular formula is C18H12F5N5O. The number of halogens is 5. The van der Waals surface area contributed by atoms with Crippen molar-refractivity contribution in [1.29, 1.82) is 0 Å². The third kappa shape index (κ3) is 4.57. The first kappa shape index (κ1) is 20.0. The molecule has 2 N–H and O–H groups in total. The first-order chi connectivity index (χ1) is 13.9. The monoisotopic (exact) mass is 409 g/mol.